The molecule has 4 aromatic carbocycles. The van der Waals surface area contributed by atoms with Crippen molar-refractivity contribution in [3.63, 3.8) is 0 Å². The van der Waals surface area contributed by atoms with Gasteiger partial charge >= 0.3 is 0 Å². The number of aromatic nitrogens is 2. The first kappa shape index (κ1) is 21.4. The Morgan fingerprint density at radius 2 is 1.20 bits per heavy atom. The van der Waals surface area contributed by atoms with E-state index in [0.717, 1.165) is 72.0 Å². The van der Waals surface area contributed by atoms with Crippen LogP contribution >= 0.6 is 0 Å². The summed E-state index contributed by atoms with van der Waals surface area (Å²) in [5, 5.41) is 8.82. The van der Waals surface area contributed by atoms with Gasteiger partial charge in [-0.25, -0.2) is 15.0 Å². The Morgan fingerprint density at radius 1 is 0.550 bits per heavy atom. The number of nitrogens with one attached hydrogen (secondary N) is 3. The van der Waals surface area contributed by atoms with Crippen molar-refractivity contribution in [3.8, 4) is 0 Å². The van der Waals surface area contributed by atoms with E-state index in [4.69, 9.17) is 20.0 Å². The summed E-state index contributed by atoms with van der Waals surface area (Å²) in [6, 6.07) is 33.1. The molecule has 5 heterocycles. The molecule has 0 saturated carbocycles. The third kappa shape index (κ3) is 3.06. The minimum atomic E-state index is -0.250. The minimum Gasteiger partial charge on any atom is -0.346 e. The van der Waals surface area contributed by atoms with Gasteiger partial charge < -0.3 is 15.3 Å². The number of hydrogen-bond acceptors (Lipinski definition) is 5. The molecule has 40 heavy (non-hydrogen) atoms. The summed E-state index contributed by atoms with van der Waals surface area (Å²) in [6.45, 7) is 0. The molecular formula is C33H21N7. The average molecular weight is 516 g/mol. The van der Waals surface area contributed by atoms with Crippen molar-refractivity contribution in [2.75, 3.05) is 5.32 Å². The zero-order valence-electron chi connectivity index (χ0n) is 21.2. The van der Waals surface area contributed by atoms with E-state index in [1.165, 1.54) is 0 Å². The fourth-order valence-corrected chi connectivity index (χ4v) is 5.97. The molecule has 0 spiro atoms. The molecule has 7 heteroatoms. The Hall–Kier alpha value is -5.56. The molecule has 2 aromatic heterocycles. The molecule has 0 saturated heterocycles. The van der Waals surface area contributed by atoms with E-state index < -0.39 is 0 Å². The van der Waals surface area contributed by atoms with Crippen LogP contribution in [0.1, 0.15) is 28.4 Å². The number of aliphatic imine (C=N–C) groups is 3. The van der Waals surface area contributed by atoms with E-state index in [-0.39, 0.29) is 6.17 Å². The first-order valence-corrected chi connectivity index (χ1v) is 13.3. The molecule has 0 aliphatic carbocycles. The van der Waals surface area contributed by atoms with Crippen molar-refractivity contribution in [3.05, 3.63) is 130 Å². The summed E-state index contributed by atoms with van der Waals surface area (Å²) in [4.78, 5) is 27.3. The highest BCUT2D eigenvalue weighted by molar-refractivity contribution is 6.25. The van der Waals surface area contributed by atoms with Crippen molar-refractivity contribution in [1.82, 2.24) is 9.97 Å². The fourth-order valence-electron chi connectivity index (χ4n) is 5.97. The lowest BCUT2D eigenvalue weighted by Crippen LogP contribution is -2.14. The molecule has 3 aliphatic rings. The van der Waals surface area contributed by atoms with Crippen LogP contribution in [0.15, 0.2) is 117 Å². The summed E-state index contributed by atoms with van der Waals surface area (Å²) in [5.74, 6) is 2.89. The third-order valence-corrected chi connectivity index (χ3v) is 7.84. The number of H-pyrrole nitrogens is 2. The molecule has 0 unspecified atom stereocenters. The lowest BCUT2D eigenvalue weighted by atomic mass is 10.0. The number of nitrogens with zero attached hydrogens (tertiary/aromatic N) is 4. The number of hydrogen-bond donors (Lipinski definition) is 3. The van der Waals surface area contributed by atoms with Crippen LogP contribution in [0.2, 0.25) is 0 Å². The first-order valence-electron chi connectivity index (χ1n) is 13.3. The molecule has 8 bridgehead atoms. The van der Waals surface area contributed by atoms with Gasteiger partial charge in [-0.3, -0.25) is 4.99 Å². The second-order valence-electron chi connectivity index (χ2n) is 10.1. The Morgan fingerprint density at radius 3 is 2.02 bits per heavy atom. The summed E-state index contributed by atoms with van der Waals surface area (Å²) < 4.78 is 0. The second kappa shape index (κ2) is 7.97. The van der Waals surface area contributed by atoms with Gasteiger partial charge in [-0.15, -0.1) is 0 Å². The largest absolute Gasteiger partial charge is 0.346 e. The minimum absolute atomic E-state index is 0.250. The average Bonchev–Trinajstić information content (AvgIpc) is 3.73. The van der Waals surface area contributed by atoms with Gasteiger partial charge in [0.05, 0.1) is 5.71 Å². The molecule has 3 aliphatic heterocycles. The normalized spacial score (nSPS) is 19.8. The number of anilines is 1. The van der Waals surface area contributed by atoms with E-state index >= 15 is 0 Å². The van der Waals surface area contributed by atoms with Crippen LogP contribution in [0.25, 0.3) is 27.6 Å². The molecule has 7 nitrogen and oxygen atoms in total. The predicted molar refractivity (Wildman–Crippen MR) is 160 cm³/mol. The molecular weight excluding hydrogens is 494 g/mol. The van der Waals surface area contributed by atoms with Crippen molar-refractivity contribution in [2.45, 2.75) is 6.17 Å². The standard InChI is InChI=1S/C33H21N7/c1-3-11-20-18(9-1)26-17-27-19-10-2-4-12-21(19)29(35-27)37-31-23-14-6-8-16-25(23)33(39-31)40-32-24-15-7-5-13-22(24)30(38-32)36-28(20)34-26/h1-17,28,36,38H,(H,35,37,39,40)/b27-17-/t28-/m1/s1. The number of fused-ring (bicyclic) bond motifs is 18. The maximum atomic E-state index is 5.16. The molecule has 3 N–H and O–H groups in total. The molecule has 0 fully saturated rings. The number of rotatable bonds is 0. The van der Waals surface area contributed by atoms with Gasteiger partial charge in [0.25, 0.3) is 0 Å². The second-order valence-corrected chi connectivity index (χ2v) is 10.1. The Balaban J connectivity index is 1.39. The van der Waals surface area contributed by atoms with Crippen LogP contribution in [0.3, 0.4) is 0 Å². The summed E-state index contributed by atoms with van der Waals surface area (Å²) in [7, 11) is 0. The highest BCUT2D eigenvalue weighted by Crippen LogP contribution is 2.37. The highest BCUT2D eigenvalue weighted by Gasteiger charge is 2.26. The van der Waals surface area contributed by atoms with Crippen LogP contribution in [-0.2, 0) is 0 Å². The lowest BCUT2D eigenvalue weighted by Gasteiger charge is -2.12. The third-order valence-electron chi connectivity index (χ3n) is 7.84. The monoisotopic (exact) mass is 515 g/mol. The van der Waals surface area contributed by atoms with Crippen LogP contribution in [0.5, 0.6) is 0 Å². The van der Waals surface area contributed by atoms with Gasteiger partial charge in [0, 0.05) is 49.1 Å². The van der Waals surface area contributed by atoms with Gasteiger partial charge in [-0.2, -0.15) is 0 Å². The smallest absolute Gasteiger partial charge is 0.164 e. The lowest BCUT2D eigenvalue weighted by molar-refractivity contribution is 0.856. The molecule has 0 radical (unpaired) electrons. The Labute approximate surface area is 228 Å². The van der Waals surface area contributed by atoms with E-state index in [9.17, 15) is 0 Å². The van der Waals surface area contributed by atoms with Crippen LogP contribution in [0, 0.1) is 0 Å². The maximum Gasteiger partial charge on any atom is 0.164 e. The zero-order chi connectivity index (χ0) is 26.2. The van der Waals surface area contributed by atoms with Gasteiger partial charge in [0.2, 0.25) is 0 Å². The van der Waals surface area contributed by atoms with E-state index in [1.807, 2.05) is 30.3 Å². The Kier molecular flexibility index (Phi) is 4.26. The van der Waals surface area contributed by atoms with E-state index in [2.05, 4.69) is 88.1 Å². The van der Waals surface area contributed by atoms with Gasteiger partial charge in [0.1, 0.15) is 23.3 Å². The summed E-state index contributed by atoms with van der Waals surface area (Å²) in [5.41, 5.74) is 5.83. The van der Waals surface area contributed by atoms with Crippen LogP contribution in [0.4, 0.5) is 11.6 Å². The Bertz CT molecular complexity index is 2260. The molecule has 9 rings (SSSR count). The van der Waals surface area contributed by atoms with Crippen molar-refractivity contribution < 1.29 is 0 Å². The van der Waals surface area contributed by atoms with Crippen molar-refractivity contribution in [1.29, 1.82) is 0 Å². The maximum absolute atomic E-state index is 5.16. The van der Waals surface area contributed by atoms with Crippen molar-refractivity contribution >= 4 is 56.6 Å². The van der Waals surface area contributed by atoms with Gasteiger partial charge in [-0.05, 0) is 6.08 Å². The SMILES string of the molecule is C1=c2\[nH]/c(c3ccccc23)=N\C2=NC(=N\c3[nH]c(c4ccccc34)N[C@H]3N=C/1c1ccccc13)/c1ccccc12. The highest BCUT2D eigenvalue weighted by atomic mass is 15.2. The van der Waals surface area contributed by atoms with E-state index in [1.54, 1.807) is 0 Å². The molecule has 188 valence electrons. The topological polar surface area (TPSA) is 93.0 Å². The number of benzene rings is 4. The summed E-state index contributed by atoms with van der Waals surface area (Å²) in [6.07, 6.45) is 1.88. The van der Waals surface area contributed by atoms with E-state index in [0.29, 0.717) is 11.7 Å². The van der Waals surface area contributed by atoms with Crippen LogP contribution in [-0.4, -0.2) is 27.4 Å². The predicted octanol–water partition coefficient (Wildman–Crippen LogP) is 5.52. The van der Waals surface area contributed by atoms with Gasteiger partial charge in [0.15, 0.2) is 11.7 Å². The van der Waals surface area contributed by atoms with Crippen LogP contribution < -0.4 is 16.2 Å². The first-order chi connectivity index (χ1) is 19.8. The number of aromatic amines is 2. The number of amidine groups is 2. The molecule has 1 atom stereocenters. The molecule has 0 amide bonds. The fraction of sp³-hybridized carbons (Fsp3) is 0.0303. The van der Waals surface area contributed by atoms with Gasteiger partial charge in [-0.1, -0.05) is 97.1 Å². The zero-order valence-corrected chi connectivity index (χ0v) is 21.2. The molecule has 6 aromatic rings. The van der Waals surface area contributed by atoms with Crippen molar-refractivity contribution in [2.24, 2.45) is 20.0 Å². The quantitative estimate of drug-likeness (QED) is 0.244. The summed E-state index contributed by atoms with van der Waals surface area (Å²) >= 11 is 0.